The molecule has 0 spiro atoms. The monoisotopic (exact) mass is 250 g/mol. The van der Waals surface area contributed by atoms with Crippen molar-refractivity contribution in [2.75, 3.05) is 20.1 Å². The Bertz CT molecular complexity index is 385. The van der Waals surface area contributed by atoms with Crippen LogP contribution in [0.2, 0.25) is 0 Å². The highest BCUT2D eigenvalue weighted by atomic mass is 15.3. The molecule has 1 fully saturated rings. The van der Waals surface area contributed by atoms with E-state index in [4.69, 9.17) is 0 Å². The summed E-state index contributed by atoms with van der Waals surface area (Å²) in [5, 5.41) is 7.89. The molecule has 102 valence electrons. The molecule has 0 bridgehead atoms. The second-order valence-corrected chi connectivity index (χ2v) is 5.49. The second-order valence-electron chi connectivity index (χ2n) is 5.49. The van der Waals surface area contributed by atoms with Crippen molar-refractivity contribution in [1.82, 2.24) is 20.0 Å². The number of piperidine rings is 1. The molecule has 4 nitrogen and oxygen atoms in total. The van der Waals surface area contributed by atoms with E-state index in [2.05, 4.69) is 42.3 Å². The van der Waals surface area contributed by atoms with Gasteiger partial charge in [-0.1, -0.05) is 13.3 Å². The van der Waals surface area contributed by atoms with Crippen LogP contribution in [0.3, 0.4) is 0 Å². The van der Waals surface area contributed by atoms with E-state index in [-0.39, 0.29) is 0 Å². The number of nitrogens with zero attached hydrogens (tertiary/aromatic N) is 3. The maximum absolute atomic E-state index is 4.42. The Balaban J connectivity index is 1.97. The van der Waals surface area contributed by atoms with Crippen molar-refractivity contribution in [2.45, 2.75) is 39.3 Å². The van der Waals surface area contributed by atoms with Crippen molar-refractivity contribution in [3.63, 3.8) is 0 Å². The van der Waals surface area contributed by atoms with Gasteiger partial charge in [0, 0.05) is 32.7 Å². The van der Waals surface area contributed by atoms with Crippen LogP contribution in [0.1, 0.15) is 31.2 Å². The fraction of sp³-hybridized carbons (Fsp3) is 0.786. The molecule has 0 radical (unpaired) electrons. The third-order valence-electron chi connectivity index (χ3n) is 4.20. The Kier molecular flexibility index (Phi) is 4.40. The molecule has 1 aliphatic rings. The molecule has 0 amide bonds. The molecular formula is C14H26N4. The SMILES string of the molecule is CCC1CN(Cc2cc(C)nn2C)CCC1NC. The Morgan fingerprint density at radius 2 is 2.28 bits per heavy atom. The predicted octanol–water partition coefficient (Wildman–Crippen LogP) is 1.55. The topological polar surface area (TPSA) is 33.1 Å². The van der Waals surface area contributed by atoms with E-state index in [9.17, 15) is 0 Å². The first-order valence-corrected chi connectivity index (χ1v) is 7.03. The third kappa shape index (κ3) is 2.93. The summed E-state index contributed by atoms with van der Waals surface area (Å²) in [5.41, 5.74) is 2.44. The van der Waals surface area contributed by atoms with E-state index in [0.717, 1.165) is 18.2 Å². The average Bonchev–Trinajstić information content (AvgIpc) is 2.67. The molecule has 2 unspecified atom stereocenters. The van der Waals surface area contributed by atoms with Gasteiger partial charge in [0.15, 0.2) is 0 Å². The lowest BCUT2D eigenvalue weighted by molar-refractivity contribution is 0.130. The Labute approximate surface area is 110 Å². The molecule has 2 rings (SSSR count). The van der Waals surface area contributed by atoms with Crippen LogP contribution in [0.25, 0.3) is 0 Å². The number of aromatic nitrogens is 2. The van der Waals surface area contributed by atoms with Crippen LogP contribution in [0.5, 0.6) is 0 Å². The van der Waals surface area contributed by atoms with Crippen LogP contribution in [0.15, 0.2) is 6.07 Å². The van der Waals surface area contributed by atoms with Gasteiger partial charge in [0.2, 0.25) is 0 Å². The van der Waals surface area contributed by atoms with Gasteiger partial charge in [-0.3, -0.25) is 9.58 Å². The minimum Gasteiger partial charge on any atom is -0.317 e. The van der Waals surface area contributed by atoms with Crippen LogP contribution >= 0.6 is 0 Å². The first-order chi connectivity index (χ1) is 8.63. The number of aryl methyl sites for hydroxylation is 2. The van der Waals surface area contributed by atoms with Gasteiger partial charge >= 0.3 is 0 Å². The van der Waals surface area contributed by atoms with Crippen LogP contribution in [-0.4, -0.2) is 40.9 Å². The minimum absolute atomic E-state index is 0.694. The summed E-state index contributed by atoms with van der Waals surface area (Å²) < 4.78 is 2.01. The molecule has 1 aromatic rings. The standard InChI is InChI=1S/C14H26N4/c1-5-12-9-18(7-6-14(12)15-3)10-13-8-11(2)16-17(13)4/h8,12,14-15H,5-7,9-10H2,1-4H3. The highest BCUT2D eigenvalue weighted by molar-refractivity contribution is 5.08. The molecule has 4 heteroatoms. The maximum atomic E-state index is 4.42. The lowest BCUT2D eigenvalue weighted by Crippen LogP contribution is -2.47. The van der Waals surface area contributed by atoms with Crippen molar-refractivity contribution in [3.8, 4) is 0 Å². The summed E-state index contributed by atoms with van der Waals surface area (Å²) in [6.07, 6.45) is 2.51. The first-order valence-electron chi connectivity index (χ1n) is 7.03. The largest absolute Gasteiger partial charge is 0.317 e. The number of likely N-dealkylation sites (tertiary alicyclic amines) is 1. The zero-order valence-electron chi connectivity index (χ0n) is 12.1. The van der Waals surface area contributed by atoms with Gasteiger partial charge in [-0.2, -0.15) is 5.10 Å². The summed E-state index contributed by atoms with van der Waals surface area (Å²) in [7, 11) is 4.13. The van der Waals surface area contributed by atoms with Gasteiger partial charge < -0.3 is 5.32 Å². The van der Waals surface area contributed by atoms with E-state index < -0.39 is 0 Å². The number of hydrogen-bond acceptors (Lipinski definition) is 3. The molecule has 0 saturated carbocycles. The molecule has 0 aromatic carbocycles. The molecule has 1 aromatic heterocycles. The molecule has 1 saturated heterocycles. The first kappa shape index (κ1) is 13.6. The van der Waals surface area contributed by atoms with E-state index in [0.29, 0.717) is 6.04 Å². The van der Waals surface area contributed by atoms with Crippen LogP contribution < -0.4 is 5.32 Å². The second kappa shape index (κ2) is 5.85. The average molecular weight is 250 g/mol. The number of nitrogens with one attached hydrogen (secondary N) is 1. The van der Waals surface area contributed by atoms with E-state index in [1.165, 1.54) is 31.6 Å². The molecular weight excluding hydrogens is 224 g/mol. The van der Waals surface area contributed by atoms with Gasteiger partial charge in [0.05, 0.1) is 11.4 Å². The third-order valence-corrected chi connectivity index (χ3v) is 4.20. The zero-order chi connectivity index (χ0) is 13.1. The fourth-order valence-corrected chi connectivity index (χ4v) is 3.09. The zero-order valence-corrected chi connectivity index (χ0v) is 12.1. The van der Waals surface area contributed by atoms with Gasteiger partial charge in [-0.15, -0.1) is 0 Å². The lowest BCUT2D eigenvalue weighted by Gasteiger charge is -2.38. The van der Waals surface area contributed by atoms with Gasteiger partial charge in [-0.25, -0.2) is 0 Å². The van der Waals surface area contributed by atoms with E-state index in [1.54, 1.807) is 0 Å². The van der Waals surface area contributed by atoms with Crippen LogP contribution in [0, 0.1) is 12.8 Å². The Hall–Kier alpha value is -0.870. The van der Waals surface area contributed by atoms with E-state index in [1.807, 2.05) is 11.7 Å². The minimum atomic E-state index is 0.694. The summed E-state index contributed by atoms with van der Waals surface area (Å²) in [6, 6.07) is 2.89. The normalized spacial score (nSPS) is 25.6. The summed E-state index contributed by atoms with van der Waals surface area (Å²) in [5.74, 6) is 0.776. The van der Waals surface area contributed by atoms with Crippen molar-refractivity contribution in [1.29, 1.82) is 0 Å². The summed E-state index contributed by atoms with van der Waals surface area (Å²) in [6.45, 7) is 7.78. The summed E-state index contributed by atoms with van der Waals surface area (Å²) in [4.78, 5) is 2.57. The molecule has 18 heavy (non-hydrogen) atoms. The highest BCUT2D eigenvalue weighted by Gasteiger charge is 2.27. The van der Waals surface area contributed by atoms with Crippen molar-refractivity contribution >= 4 is 0 Å². The maximum Gasteiger partial charge on any atom is 0.0597 e. The van der Waals surface area contributed by atoms with Gasteiger partial charge in [0.1, 0.15) is 0 Å². The van der Waals surface area contributed by atoms with Crippen molar-refractivity contribution < 1.29 is 0 Å². The summed E-state index contributed by atoms with van der Waals surface area (Å²) >= 11 is 0. The Morgan fingerprint density at radius 1 is 1.50 bits per heavy atom. The van der Waals surface area contributed by atoms with Gasteiger partial charge in [0.25, 0.3) is 0 Å². The molecule has 0 aliphatic carbocycles. The predicted molar refractivity (Wildman–Crippen MR) is 74.5 cm³/mol. The molecule has 1 aliphatic heterocycles. The number of hydrogen-bond donors (Lipinski definition) is 1. The molecule has 2 atom stereocenters. The Morgan fingerprint density at radius 3 is 2.83 bits per heavy atom. The lowest BCUT2D eigenvalue weighted by atomic mass is 9.90. The molecule has 2 heterocycles. The molecule has 1 N–H and O–H groups in total. The van der Waals surface area contributed by atoms with Crippen LogP contribution in [0.4, 0.5) is 0 Å². The van der Waals surface area contributed by atoms with Crippen molar-refractivity contribution in [3.05, 3.63) is 17.5 Å². The fourth-order valence-electron chi connectivity index (χ4n) is 3.09. The van der Waals surface area contributed by atoms with E-state index >= 15 is 0 Å². The number of rotatable bonds is 4. The van der Waals surface area contributed by atoms with Crippen LogP contribution in [-0.2, 0) is 13.6 Å². The highest BCUT2D eigenvalue weighted by Crippen LogP contribution is 2.21. The quantitative estimate of drug-likeness (QED) is 0.880. The smallest absolute Gasteiger partial charge is 0.0597 e. The van der Waals surface area contributed by atoms with Crippen molar-refractivity contribution in [2.24, 2.45) is 13.0 Å². The van der Waals surface area contributed by atoms with Gasteiger partial charge in [-0.05, 0) is 32.4 Å².